The molecule has 166 valence electrons. The molecule has 1 aromatic heterocycles. The number of hydrogen-bond donors (Lipinski definition) is 0. The van der Waals surface area contributed by atoms with Gasteiger partial charge in [0.2, 0.25) is 0 Å². The zero-order chi connectivity index (χ0) is 23.2. The minimum absolute atomic E-state index is 0.0274. The summed E-state index contributed by atoms with van der Waals surface area (Å²) in [4.78, 5) is 28.7. The molecular weight excluding hydrogens is 399 g/mol. The van der Waals surface area contributed by atoms with Crippen molar-refractivity contribution in [2.75, 3.05) is 0 Å². The standard InChI is InChI=1S/C19H22F3N3O3.C2H6/c1-6-11(2)16(28-14-9-7-8-13(10-14)19(20,21)22)23-15-12(3)17(26)25(5)18(27)24(15)4;1-2/h7-11H,6H2,1-5H3;1-2H3/b23-16+;. The quantitative estimate of drug-likeness (QED) is 0.529. The van der Waals surface area contributed by atoms with Crippen molar-refractivity contribution in [3.8, 4) is 5.75 Å². The van der Waals surface area contributed by atoms with Gasteiger partial charge in [-0.2, -0.15) is 18.2 Å². The largest absolute Gasteiger partial charge is 0.443 e. The maximum absolute atomic E-state index is 12.9. The van der Waals surface area contributed by atoms with Gasteiger partial charge in [0.25, 0.3) is 5.56 Å². The van der Waals surface area contributed by atoms with Gasteiger partial charge in [0.15, 0.2) is 5.90 Å². The first-order valence-electron chi connectivity index (χ1n) is 9.67. The van der Waals surface area contributed by atoms with Crippen LogP contribution in [0.4, 0.5) is 19.0 Å². The summed E-state index contributed by atoms with van der Waals surface area (Å²) in [5.74, 6) is -0.0583. The Balaban J connectivity index is 0.00000218. The first-order chi connectivity index (χ1) is 14.0. The molecule has 0 saturated heterocycles. The molecule has 0 radical (unpaired) electrons. The fourth-order valence-corrected chi connectivity index (χ4v) is 2.53. The highest BCUT2D eigenvalue weighted by molar-refractivity contribution is 5.83. The Morgan fingerprint density at radius 3 is 2.30 bits per heavy atom. The molecule has 0 bridgehead atoms. The zero-order valence-electron chi connectivity index (χ0n) is 18.3. The van der Waals surface area contributed by atoms with Crippen LogP contribution in [0.15, 0.2) is 38.8 Å². The predicted molar refractivity (Wildman–Crippen MR) is 112 cm³/mol. The van der Waals surface area contributed by atoms with E-state index < -0.39 is 23.0 Å². The van der Waals surface area contributed by atoms with Gasteiger partial charge in [-0.3, -0.25) is 13.9 Å². The summed E-state index contributed by atoms with van der Waals surface area (Å²) in [6, 6.07) is 4.46. The molecule has 1 heterocycles. The molecule has 0 saturated carbocycles. The van der Waals surface area contributed by atoms with Crippen molar-refractivity contribution in [2.45, 2.75) is 47.2 Å². The van der Waals surface area contributed by atoms with Crippen molar-refractivity contribution in [1.82, 2.24) is 9.13 Å². The third-order valence-corrected chi connectivity index (χ3v) is 4.49. The van der Waals surface area contributed by atoms with Crippen LogP contribution in [0.5, 0.6) is 5.75 Å². The maximum atomic E-state index is 12.9. The zero-order valence-corrected chi connectivity index (χ0v) is 18.3. The summed E-state index contributed by atoms with van der Waals surface area (Å²) < 4.78 is 46.7. The second-order valence-corrected chi connectivity index (χ2v) is 6.54. The Kier molecular flexibility index (Phi) is 8.62. The molecule has 1 unspecified atom stereocenters. The summed E-state index contributed by atoms with van der Waals surface area (Å²) in [5.41, 5.74) is -1.66. The molecule has 0 N–H and O–H groups in total. The summed E-state index contributed by atoms with van der Waals surface area (Å²) in [7, 11) is 2.83. The second-order valence-electron chi connectivity index (χ2n) is 6.54. The Labute approximate surface area is 173 Å². The summed E-state index contributed by atoms with van der Waals surface area (Å²) >= 11 is 0. The number of alkyl halides is 3. The van der Waals surface area contributed by atoms with E-state index in [1.54, 1.807) is 6.92 Å². The van der Waals surface area contributed by atoms with E-state index in [4.69, 9.17) is 4.74 Å². The van der Waals surface area contributed by atoms with Gasteiger partial charge in [0.1, 0.15) is 11.6 Å². The Bertz CT molecular complexity index is 984. The highest BCUT2D eigenvalue weighted by Gasteiger charge is 2.31. The molecule has 9 heteroatoms. The van der Waals surface area contributed by atoms with Gasteiger partial charge in [-0.25, -0.2) is 4.79 Å². The number of rotatable bonds is 4. The monoisotopic (exact) mass is 427 g/mol. The lowest BCUT2D eigenvalue weighted by atomic mass is 10.1. The molecule has 6 nitrogen and oxygen atoms in total. The number of benzene rings is 1. The first-order valence-corrected chi connectivity index (χ1v) is 9.67. The molecule has 0 amide bonds. The van der Waals surface area contributed by atoms with Gasteiger partial charge in [0, 0.05) is 20.0 Å². The molecule has 30 heavy (non-hydrogen) atoms. The number of aromatic nitrogens is 2. The van der Waals surface area contributed by atoms with Gasteiger partial charge < -0.3 is 4.74 Å². The normalized spacial score (nSPS) is 12.8. The van der Waals surface area contributed by atoms with Crippen LogP contribution in [0.3, 0.4) is 0 Å². The lowest BCUT2D eigenvalue weighted by Crippen LogP contribution is -2.38. The summed E-state index contributed by atoms with van der Waals surface area (Å²) in [6.45, 7) is 9.19. The molecule has 1 aromatic carbocycles. The summed E-state index contributed by atoms with van der Waals surface area (Å²) in [5, 5.41) is 0. The molecule has 0 aliphatic rings. The van der Waals surface area contributed by atoms with Crippen LogP contribution >= 0.6 is 0 Å². The average molecular weight is 427 g/mol. The SMILES string of the molecule is CC.CCC(C)/C(=N\c1c(C)c(=O)n(C)c(=O)n1C)Oc1cccc(C(F)(F)F)c1. The molecule has 0 fully saturated rings. The number of aliphatic imine (C=N–C) groups is 1. The smallest absolute Gasteiger partial charge is 0.416 e. The van der Waals surface area contributed by atoms with Crippen molar-refractivity contribution in [2.24, 2.45) is 25.0 Å². The van der Waals surface area contributed by atoms with Crippen molar-refractivity contribution in [3.05, 3.63) is 56.2 Å². The first kappa shape index (κ1) is 25.2. The van der Waals surface area contributed by atoms with E-state index in [0.717, 1.165) is 16.7 Å². The number of hydrogen-bond acceptors (Lipinski definition) is 4. The highest BCUT2D eigenvalue weighted by atomic mass is 19.4. The lowest BCUT2D eigenvalue weighted by molar-refractivity contribution is -0.137. The van der Waals surface area contributed by atoms with Crippen LogP contribution in [-0.2, 0) is 20.3 Å². The minimum atomic E-state index is -4.50. The number of halogens is 3. The van der Waals surface area contributed by atoms with Gasteiger partial charge in [-0.05, 0) is 31.5 Å². The average Bonchev–Trinajstić information content (AvgIpc) is 2.73. The number of ether oxygens (including phenoxy) is 1. The molecule has 0 spiro atoms. The van der Waals surface area contributed by atoms with Crippen LogP contribution < -0.4 is 16.0 Å². The predicted octanol–water partition coefficient (Wildman–Crippen LogP) is 4.59. The third kappa shape index (κ3) is 5.61. The van der Waals surface area contributed by atoms with Crippen LogP contribution in [0.2, 0.25) is 0 Å². The molecule has 1 atom stereocenters. The van der Waals surface area contributed by atoms with Crippen LogP contribution in [-0.4, -0.2) is 15.0 Å². The third-order valence-electron chi connectivity index (χ3n) is 4.49. The Morgan fingerprint density at radius 1 is 1.17 bits per heavy atom. The van der Waals surface area contributed by atoms with E-state index in [-0.39, 0.29) is 28.9 Å². The van der Waals surface area contributed by atoms with Crippen molar-refractivity contribution < 1.29 is 17.9 Å². The van der Waals surface area contributed by atoms with Crippen molar-refractivity contribution in [1.29, 1.82) is 0 Å². The molecular formula is C21H28F3N3O3. The van der Waals surface area contributed by atoms with Crippen LogP contribution in [0, 0.1) is 12.8 Å². The van der Waals surface area contributed by atoms with Gasteiger partial charge in [0.05, 0.1) is 11.1 Å². The van der Waals surface area contributed by atoms with E-state index in [1.165, 1.54) is 37.7 Å². The van der Waals surface area contributed by atoms with Gasteiger partial charge in [-0.1, -0.05) is 33.8 Å². The van der Waals surface area contributed by atoms with Gasteiger partial charge >= 0.3 is 11.9 Å². The fraction of sp³-hybridized carbons (Fsp3) is 0.476. The highest BCUT2D eigenvalue weighted by Crippen LogP contribution is 2.31. The number of nitrogens with zero attached hydrogens (tertiary/aromatic N) is 3. The van der Waals surface area contributed by atoms with E-state index >= 15 is 0 Å². The molecule has 2 aromatic rings. The Morgan fingerprint density at radius 2 is 1.77 bits per heavy atom. The van der Waals surface area contributed by atoms with E-state index in [2.05, 4.69) is 4.99 Å². The summed E-state index contributed by atoms with van der Waals surface area (Å²) in [6.07, 6.45) is -3.91. The van der Waals surface area contributed by atoms with Crippen molar-refractivity contribution in [3.63, 3.8) is 0 Å². The van der Waals surface area contributed by atoms with Crippen molar-refractivity contribution >= 4 is 11.7 Å². The van der Waals surface area contributed by atoms with E-state index in [0.29, 0.717) is 6.42 Å². The maximum Gasteiger partial charge on any atom is 0.416 e. The van der Waals surface area contributed by atoms with E-state index in [1.807, 2.05) is 20.8 Å². The molecule has 0 aliphatic heterocycles. The van der Waals surface area contributed by atoms with Crippen LogP contribution in [0.1, 0.15) is 45.2 Å². The second kappa shape index (κ2) is 10.3. The topological polar surface area (TPSA) is 65.6 Å². The minimum Gasteiger partial charge on any atom is -0.443 e. The van der Waals surface area contributed by atoms with Crippen LogP contribution in [0.25, 0.3) is 0 Å². The molecule has 0 aliphatic carbocycles. The fourth-order valence-electron chi connectivity index (χ4n) is 2.53. The lowest BCUT2D eigenvalue weighted by Gasteiger charge is -2.17. The molecule has 2 rings (SSSR count). The van der Waals surface area contributed by atoms with E-state index in [9.17, 15) is 22.8 Å². The van der Waals surface area contributed by atoms with Gasteiger partial charge in [-0.15, -0.1) is 0 Å². The Hall–Kier alpha value is -2.84.